The molecule has 0 radical (unpaired) electrons. The van der Waals surface area contributed by atoms with E-state index >= 15 is 0 Å². The van der Waals surface area contributed by atoms with E-state index in [1.165, 1.54) is 6.92 Å². The Hall–Kier alpha value is -1.99. The van der Waals surface area contributed by atoms with Crippen LogP contribution in [0.1, 0.15) is 15.2 Å². The lowest BCUT2D eigenvalue weighted by Crippen LogP contribution is -2.23. The first kappa shape index (κ1) is 14.4. The van der Waals surface area contributed by atoms with Crippen molar-refractivity contribution in [3.05, 3.63) is 59.6 Å². The maximum Gasteiger partial charge on any atom is 0.288 e. The fourth-order valence-corrected chi connectivity index (χ4v) is 2.64. The first-order valence-electron chi connectivity index (χ1n) is 5.52. The molecule has 0 saturated heterocycles. The van der Waals surface area contributed by atoms with Crippen LogP contribution in [0.25, 0.3) is 0 Å². The highest BCUT2D eigenvalue weighted by atomic mass is 35.5. The van der Waals surface area contributed by atoms with E-state index in [-0.39, 0.29) is 23.6 Å². The number of thiophene rings is 1. The molecule has 0 aliphatic heterocycles. The molecule has 0 atom stereocenters. The van der Waals surface area contributed by atoms with Crippen LogP contribution in [-0.4, -0.2) is 15.3 Å². The van der Waals surface area contributed by atoms with Crippen molar-refractivity contribution in [3.8, 4) is 0 Å². The minimum atomic E-state index is -0.586. The van der Waals surface area contributed by atoms with Gasteiger partial charge in [-0.15, -0.1) is 11.3 Å². The zero-order valence-electron chi connectivity index (χ0n) is 10.3. The predicted octanol–water partition coefficient (Wildman–Crippen LogP) is 2.66. The summed E-state index contributed by atoms with van der Waals surface area (Å²) in [7, 11) is 0. The van der Waals surface area contributed by atoms with Gasteiger partial charge < -0.3 is 4.57 Å². The minimum Gasteiger partial charge on any atom is -0.301 e. The van der Waals surface area contributed by atoms with Gasteiger partial charge in [0.05, 0.1) is 26.9 Å². The second-order valence-corrected chi connectivity index (χ2v) is 5.81. The van der Waals surface area contributed by atoms with Gasteiger partial charge in [0.25, 0.3) is 11.2 Å². The number of halogens is 1. The van der Waals surface area contributed by atoms with Crippen LogP contribution in [0.15, 0.2) is 29.2 Å². The van der Waals surface area contributed by atoms with Crippen LogP contribution in [0, 0.1) is 17.0 Å². The molecule has 0 saturated carbocycles. The van der Waals surface area contributed by atoms with Gasteiger partial charge in [-0.05, 0) is 19.1 Å². The molecular formula is C12H9ClN2O4S. The summed E-state index contributed by atoms with van der Waals surface area (Å²) in [6, 6.07) is 4.29. The predicted molar refractivity (Wildman–Crippen MR) is 75.8 cm³/mol. The molecule has 0 bridgehead atoms. The average Bonchev–Trinajstić information content (AvgIpc) is 2.79. The van der Waals surface area contributed by atoms with Crippen molar-refractivity contribution < 1.29 is 9.72 Å². The lowest BCUT2D eigenvalue weighted by Gasteiger charge is -2.05. The Kier molecular flexibility index (Phi) is 4.01. The number of hydrogen-bond acceptors (Lipinski definition) is 5. The van der Waals surface area contributed by atoms with E-state index in [0.29, 0.717) is 9.21 Å². The van der Waals surface area contributed by atoms with Crippen molar-refractivity contribution >= 4 is 34.4 Å². The Labute approximate surface area is 122 Å². The minimum absolute atomic E-state index is 0.193. The molecular weight excluding hydrogens is 304 g/mol. The number of nitro groups is 1. The summed E-state index contributed by atoms with van der Waals surface area (Å²) in [6.45, 7) is 1.22. The Balaban J connectivity index is 2.34. The smallest absolute Gasteiger partial charge is 0.288 e. The zero-order chi connectivity index (χ0) is 14.9. The number of hydrogen-bond donors (Lipinski definition) is 0. The number of aryl methyl sites for hydroxylation is 1. The van der Waals surface area contributed by atoms with Gasteiger partial charge in [0.2, 0.25) is 0 Å². The first-order valence-corrected chi connectivity index (χ1v) is 6.72. The van der Waals surface area contributed by atoms with E-state index in [1.54, 1.807) is 12.1 Å². The van der Waals surface area contributed by atoms with Crippen molar-refractivity contribution in [1.82, 2.24) is 4.57 Å². The standard InChI is InChI=1S/C12H9ClN2O4S/c1-7-4-12(17)14(5-8(7)15(18)19)6-9(16)10-2-3-11(13)20-10/h2-5H,6H2,1H3. The zero-order valence-corrected chi connectivity index (χ0v) is 11.9. The number of Topliss-reactive ketones (excluding diaryl/α,β-unsaturated/α-hetero) is 1. The fourth-order valence-electron chi connectivity index (χ4n) is 1.67. The van der Waals surface area contributed by atoms with Gasteiger partial charge in [-0.2, -0.15) is 0 Å². The van der Waals surface area contributed by atoms with Crippen LogP contribution in [0.3, 0.4) is 0 Å². The maximum atomic E-state index is 12.0. The van der Waals surface area contributed by atoms with Gasteiger partial charge in [0.1, 0.15) is 0 Å². The molecule has 6 nitrogen and oxygen atoms in total. The molecule has 0 fully saturated rings. The molecule has 20 heavy (non-hydrogen) atoms. The van der Waals surface area contributed by atoms with Gasteiger partial charge >= 0.3 is 0 Å². The molecule has 0 amide bonds. The van der Waals surface area contributed by atoms with Crippen molar-refractivity contribution in [1.29, 1.82) is 0 Å². The summed E-state index contributed by atoms with van der Waals surface area (Å²) in [5, 5.41) is 10.8. The lowest BCUT2D eigenvalue weighted by atomic mass is 10.2. The normalized spacial score (nSPS) is 10.5. The SMILES string of the molecule is Cc1cc(=O)n(CC(=O)c2ccc(Cl)s2)cc1[N+](=O)[O-]. The number of pyridine rings is 1. The van der Waals surface area contributed by atoms with Gasteiger partial charge in [-0.1, -0.05) is 11.6 Å². The molecule has 2 heterocycles. The first-order chi connectivity index (χ1) is 9.38. The van der Waals surface area contributed by atoms with Gasteiger partial charge in [0.15, 0.2) is 5.78 Å². The molecule has 0 N–H and O–H groups in total. The number of aromatic nitrogens is 1. The number of nitrogens with zero attached hydrogens (tertiary/aromatic N) is 2. The van der Waals surface area contributed by atoms with E-state index in [1.807, 2.05) is 0 Å². The molecule has 2 aromatic heterocycles. The van der Waals surface area contributed by atoms with Crippen molar-refractivity contribution in [3.63, 3.8) is 0 Å². The highest BCUT2D eigenvalue weighted by molar-refractivity contribution is 7.18. The van der Waals surface area contributed by atoms with E-state index in [0.717, 1.165) is 28.2 Å². The molecule has 0 aromatic carbocycles. The van der Waals surface area contributed by atoms with Crippen LogP contribution in [0.4, 0.5) is 5.69 Å². The summed E-state index contributed by atoms with van der Waals surface area (Å²) in [6.07, 6.45) is 1.09. The third-order valence-corrected chi connectivity index (χ3v) is 3.94. The molecule has 0 aliphatic rings. The largest absolute Gasteiger partial charge is 0.301 e. The summed E-state index contributed by atoms with van der Waals surface area (Å²) in [5.74, 6) is -0.317. The summed E-state index contributed by atoms with van der Waals surface area (Å²) in [5.41, 5.74) is -0.381. The van der Waals surface area contributed by atoms with Crippen molar-refractivity contribution in [2.24, 2.45) is 0 Å². The quantitative estimate of drug-likeness (QED) is 0.493. The number of ketones is 1. The average molecular weight is 313 g/mol. The highest BCUT2D eigenvalue weighted by Gasteiger charge is 2.16. The molecule has 0 spiro atoms. The number of rotatable bonds is 4. The van der Waals surface area contributed by atoms with Crippen LogP contribution < -0.4 is 5.56 Å². The van der Waals surface area contributed by atoms with Crippen LogP contribution >= 0.6 is 22.9 Å². The summed E-state index contributed by atoms with van der Waals surface area (Å²) in [4.78, 5) is 34.4. The van der Waals surface area contributed by atoms with Crippen molar-refractivity contribution in [2.45, 2.75) is 13.5 Å². The van der Waals surface area contributed by atoms with Crippen LogP contribution in [0.2, 0.25) is 4.34 Å². The van der Waals surface area contributed by atoms with E-state index in [9.17, 15) is 19.7 Å². The number of carbonyl (C=O) groups is 1. The Bertz CT molecular complexity index is 750. The topological polar surface area (TPSA) is 82.2 Å². The van der Waals surface area contributed by atoms with Gasteiger partial charge in [-0.3, -0.25) is 19.7 Å². The molecule has 0 aliphatic carbocycles. The maximum absolute atomic E-state index is 12.0. The van der Waals surface area contributed by atoms with Crippen LogP contribution in [0.5, 0.6) is 0 Å². The molecule has 0 unspecified atom stereocenters. The van der Waals surface area contributed by atoms with Gasteiger partial charge in [-0.25, -0.2) is 0 Å². The summed E-state index contributed by atoms with van der Waals surface area (Å²) >= 11 is 6.84. The molecule has 2 rings (SSSR count). The lowest BCUT2D eigenvalue weighted by molar-refractivity contribution is -0.385. The second kappa shape index (κ2) is 5.56. The van der Waals surface area contributed by atoms with E-state index in [4.69, 9.17) is 11.6 Å². The Morgan fingerprint density at radius 3 is 2.75 bits per heavy atom. The monoisotopic (exact) mass is 312 g/mol. The van der Waals surface area contributed by atoms with Crippen molar-refractivity contribution in [2.75, 3.05) is 0 Å². The van der Waals surface area contributed by atoms with Gasteiger partial charge in [0, 0.05) is 11.6 Å². The second-order valence-electron chi connectivity index (χ2n) is 4.09. The fraction of sp³-hybridized carbons (Fsp3) is 0.167. The molecule has 104 valence electrons. The third kappa shape index (κ3) is 2.94. The number of carbonyl (C=O) groups excluding carboxylic acids is 1. The van der Waals surface area contributed by atoms with E-state index in [2.05, 4.69) is 0 Å². The van der Waals surface area contributed by atoms with E-state index < -0.39 is 10.5 Å². The highest BCUT2D eigenvalue weighted by Crippen LogP contribution is 2.22. The van der Waals surface area contributed by atoms with Crippen LogP contribution in [-0.2, 0) is 6.54 Å². The molecule has 8 heteroatoms. The third-order valence-electron chi connectivity index (χ3n) is 2.66. The summed E-state index contributed by atoms with van der Waals surface area (Å²) < 4.78 is 1.50. The Morgan fingerprint density at radius 2 is 2.20 bits per heavy atom. The Morgan fingerprint density at radius 1 is 1.50 bits per heavy atom. The molecule has 2 aromatic rings.